The molecule has 0 aliphatic heterocycles. The van der Waals surface area contributed by atoms with Crippen molar-refractivity contribution in [3.05, 3.63) is 41.9 Å². The van der Waals surface area contributed by atoms with E-state index in [4.69, 9.17) is 5.11 Å². The maximum absolute atomic E-state index is 11.9. The average molecular weight is 243 g/mol. The summed E-state index contributed by atoms with van der Waals surface area (Å²) in [5, 5.41) is 14.8. The van der Waals surface area contributed by atoms with Crippen LogP contribution in [0.3, 0.4) is 0 Å². The summed E-state index contributed by atoms with van der Waals surface area (Å²) in [4.78, 5) is 15.8. The molecule has 2 heterocycles. The minimum Gasteiger partial charge on any atom is -0.384 e. The lowest BCUT2D eigenvalue weighted by Crippen LogP contribution is -2.13. The molecule has 0 fully saturated rings. The third kappa shape index (κ3) is 2.72. The van der Waals surface area contributed by atoms with Gasteiger partial charge in [0.05, 0.1) is 11.1 Å². The lowest BCUT2D eigenvalue weighted by Gasteiger charge is -2.03. The molecule has 0 saturated carbocycles. The number of rotatable bonds is 2. The van der Waals surface area contributed by atoms with Crippen LogP contribution >= 0.6 is 0 Å². The average Bonchev–Trinajstić information content (AvgIpc) is 2.89. The highest BCUT2D eigenvalue weighted by molar-refractivity contribution is 6.05. The van der Waals surface area contributed by atoms with Crippen molar-refractivity contribution in [3.63, 3.8) is 0 Å². The molecule has 0 aliphatic rings. The molecule has 2 aromatic heterocycles. The predicted octanol–water partition coefficient (Wildman–Crippen LogP) is 0.666. The summed E-state index contributed by atoms with van der Waals surface area (Å²) in [6.45, 7) is -0.279. The Morgan fingerprint density at radius 3 is 3.11 bits per heavy atom. The Balaban J connectivity index is 2.24. The largest absolute Gasteiger partial charge is 0.384 e. The number of nitrogens with zero attached hydrogens (tertiary/aromatic N) is 2. The number of nitrogens with one attached hydrogen (secondary N) is 1. The van der Waals surface area contributed by atoms with E-state index in [0.29, 0.717) is 16.9 Å². The molecule has 0 spiro atoms. The van der Waals surface area contributed by atoms with Crippen molar-refractivity contribution >= 4 is 11.7 Å². The van der Waals surface area contributed by atoms with Crippen molar-refractivity contribution in [1.82, 2.24) is 10.1 Å². The lowest BCUT2D eigenvalue weighted by atomic mass is 10.1. The summed E-state index contributed by atoms with van der Waals surface area (Å²) in [6.07, 6.45) is 4.30. The van der Waals surface area contributed by atoms with Gasteiger partial charge < -0.3 is 14.9 Å². The maximum Gasteiger partial charge on any atom is 0.258 e. The van der Waals surface area contributed by atoms with Crippen molar-refractivity contribution in [2.75, 3.05) is 11.9 Å². The summed E-state index contributed by atoms with van der Waals surface area (Å²) in [7, 11) is 0. The smallest absolute Gasteiger partial charge is 0.258 e. The minimum atomic E-state index is -0.367. The van der Waals surface area contributed by atoms with Gasteiger partial charge in [-0.2, -0.15) is 0 Å². The first-order valence-electron chi connectivity index (χ1n) is 5.06. The molecule has 0 unspecified atom stereocenters. The number of anilines is 1. The summed E-state index contributed by atoms with van der Waals surface area (Å²) < 4.78 is 4.61. The highest BCUT2D eigenvalue weighted by atomic mass is 16.5. The van der Waals surface area contributed by atoms with Crippen molar-refractivity contribution in [2.45, 2.75) is 0 Å². The van der Waals surface area contributed by atoms with Crippen molar-refractivity contribution in [1.29, 1.82) is 0 Å². The van der Waals surface area contributed by atoms with Crippen LogP contribution in [0.15, 0.2) is 35.3 Å². The van der Waals surface area contributed by atoms with E-state index in [1.807, 2.05) is 0 Å². The van der Waals surface area contributed by atoms with Crippen LogP contribution < -0.4 is 5.32 Å². The molecule has 0 aromatic carbocycles. The second kappa shape index (κ2) is 5.61. The van der Waals surface area contributed by atoms with E-state index in [0.717, 1.165) is 0 Å². The molecule has 2 rings (SSSR count). The second-order valence-corrected chi connectivity index (χ2v) is 3.22. The number of hydrogen-bond donors (Lipinski definition) is 2. The van der Waals surface area contributed by atoms with Gasteiger partial charge >= 0.3 is 0 Å². The van der Waals surface area contributed by atoms with Crippen LogP contribution in [0.5, 0.6) is 0 Å². The quantitative estimate of drug-likeness (QED) is 0.757. The van der Waals surface area contributed by atoms with Crippen LogP contribution in [0.1, 0.15) is 15.9 Å². The standard InChI is InChI=1S/C12H9N3O3/c16-6-1-2-9-8-13-5-3-10(9)12(17)14-11-4-7-18-15-11/h3-5,7-8,16H,6H2,(H,14,15,17). The van der Waals surface area contributed by atoms with Gasteiger partial charge in [0.2, 0.25) is 0 Å². The number of carbonyl (C=O) groups is 1. The SMILES string of the molecule is O=C(Nc1ccon1)c1ccncc1C#CCO. The third-order valence-corrected chi connectivity index (χ3v) is 2.05. The fourth-order valence-corrected chi connectivity index (χ4v) is 1.29. The highest BCUT2D eigenvalue weighted by Crippen LogP contribution is 2.09. The maximum atomic E-state index is 11.9. The summed E-state index contributed by atoms with van der Waals surface area (Å²) in [5.41, 5.74) is 0.793. The zero-order valence-corrected chi connectivity index (χ0v) is 9.25. The number of carbonyl (C=O) groups excluding carboxylic acids is 1. The number of aliphatic hydroxyl groups excluding tert-OH is 1. The number of aromatic nitrogens is 2. The summed E-state index contributed by atoms with van der Waals surface area (Å²) >= 11 is 0. The minimum absolute atomic E-state index is 0.279. The van der Waals surface area contributed by atoms with Gasteiger partial charge in [-0.05, 0) is 6.07 Å². The van der Waals surface area contributed by atoms with E-state index in [2.05, 4.69) is 31.8 Å². The molecule has 0 radical (unpaired) electrons. The van der Waals surface area contributed by atoms with Crippen LogP contribution in [0.25, 0.3) is 0 Å². The molecule has 0 atom stereocenters. The normalized spacial score (nSPS) is 9.39. The molecule has 0 aliphatic carbocycles. The Morgan fingerprint density at radius 1 is 1.50 bits per heavy atom. The lowest BCUT2D eigenvalue weighted by molar-refractivity contribution is 0.102. The highest BCUT2D eigenvalue weighted by Gasteiger charge is 2.11. The van der Waals surface area contributed by atoms with Gasteiger partial charge in [0.1, 0.15) is 12.9 Å². The van der Waals surface area contributed by atoms with Gasteiger partial charge in [-0.15, -0.1) is 0 Å². The van der Waals surface area contributed by atoms with Crippen molar-refractivity contribution in [3.8, 4) is 11.8 Å². The Kier molecular flexibility index (Phi) is 3.69. The van der Waals surface area contributed by atoms with E-state index < -0.39 is 0 Å². The van der Waals surface area contributed by atoms with Gasteiger partial charge in [-0.25, -0.2) is 0 Å². The van der Waals surface area contributed by atoms with Gasteiger partial charge in [0.15, 0.2) is 5.82 Å². The first-order chi connectivity index (χ1) is 8.81. The Hall–Kier alpha value is -2.65. The fraction of sp³-hybridized carbons (Fsp3) is 0.0833. The van der Waals surface area contributed by atoms with E-state index in [-0.39, 0.29) is 12.5 Å². The van der Waals surface area contributed by atoms with Gasteiger partial charge in [-0.1, -0.05) is 17.0 Å². The number of amides is 1. The Bertz CT molecular complexity index is 597. The molecule has 2 N–H and O–H groups in total. The zero-order chi connectivity index (χ0) is 12.8. The van der Waals surface area contributed by atoms with Crippen LogP contribution in [0, 0.1) is 11.8 Å². The van der Waals surface area contributed by atoms with Gasteiger partial charge in [-0.3, -0.25) is 9.78 Å². The molecular formula is C12H9N3O3. The molecule has 0 bridgehead atoms. The summed E-state index contributed by atoms with van der Waals surface area (Å²) in [6, 6.07) is 3.06. The van der Waals surface area contributed by atoms with Crippen molar-refractivity contribution in [2.24, 2.45) is 0 Å². The molecule has 18 heavy (non-hydrogen) atoms. The summed E-state index contributed by atoms with van der Waals surface area (Å²) in [5.74, 6) is 5.08. The van der Waals surface area contributed by atoms with E-state index in [9.17, 15) is 4.79 Å². The van der Waals surface area contributed by atoms with Gasteiger partial charge in [0.25, 0.3) is 5.91 Å². The Labute approximate surface area is 103 Å². The van der Waals surface area contributed by atoms with Gasteiger partial charge in [0, 0.05) is 18.5 Å². The molecule has 90 valence electrons. The van der Waals surface area contributed by atoms with Crippen LogP contribution in [-0.2, 0) is 0 Å². The molecule has 2 aromatic rings. The second-order valence-electron chi connectivity index (χ2n) is 3.22. The predicted molar refractivity (Wildman–Crippen MR) is 62.7 cm³/mol. The van der Waals surface area contributed by atoms with E-state index in [1.165, 1.54) is 30.8 Å². The van der Waals surface area contributed by atoms with Crippen LogP contribution in [0.4, 0.5) is 5.82 Å². The molecular weight excluding hydrogens is 234 g/mol. The molecule has 6 nitrogen and oxygen atoms in total. The topological polar surface area (TPSA) is 88.3 Å². The Morgan fingerprint density at radius 2 is 2.39 bits per heavy atom. The fourth-order valence-electron chi connectivity index (χ4n) is 1.29. The zero-order valence-electron chi connectivity index (χ0n) is 9.25. The first-order valence-corrected chi connectivity index (χ1v) is 5.06. The van der Waals surface area contributed by atoms with Crippen LogP contribution in [-0.4, -0.2) is 27.8 Å². The third-order valence-electron chi connectivity index (χ3n) is 2.05. The van der Waals surface area contributed by atoms with E-state index in [1.54, 1.807) is 0 Å². The number of aliphatic hydroxyl groups is 1. The first kappa shape index (κ1) is 11.8. The molecule has 0 saturated heterocycles. The number of hydrogen-bond acceptors (Lipinski definition) is 5. The van der Waals surface area contributed by atoms with Crippen molar-refractivity contribution < 1.29 is 14.4 Å². The molecule has 6 heteroatoms. The van der Waals surface area contributed by atoms with Crippen LogP contribution in [0.2, 0.25) is 0 Å². The monoisotopic (exact) mass is 243 g/mol. The number of pyridine rings is 1. The van der Waals surface area contributed by atoms with E-state index >= 15 is 0 Å². The molecule has 1 amide bonds.